The molecule has 1 aliphatic heterocycles. The van der Waals surface area contributed by atoms with Crippen LogP contribution in [0.1, 0.15) is 71.1 Å². The molecule has 1 heterocycles. The summed E-state index contributed by atoms with van der Waals surface area (Å²) in [6.45, 7) is 2.50. The van der Waals surface area contributed by atoms with E-state index in [2.05, 4.69) is 19.1 Å². The Kier molecular flexibility index (Phi) is 13.3. The van der Waals surface area contributed by atoms with Gasteiger partial charge in [0.25, 0.3) is 0 Å². The highest BCUT2D eigenvalue weighted by atomic mass is 16.6. The number of allylic oxidation sites excluding steroid dienone is 2. The lowest BCUT2D eigenvalue weighted by atomic mass is 10.1. The van der Waals surface area contributed by atoms with Crippen molar-refractivity contribution in [2.75, 3.05) is 19.8 Å². The number of hydrogen-bond donors (Lipinski definition) is 3. The molecule has 0 amide bonds. The molecule has 1 aliphatic rings. The average Bonchev–Trinajstić information content (AvgIpc) is 2.99. The molecule has 0 aromatic rings. The van der Waals surface area contributed by atoms with Crippen molar-refractivity contribution < 1.29 is 24.8 Å². The normalized spacial score (nSPS) is 25.0. The second-order valence-electron chi connectivity index (χ2n) is 6.95. The zero-order valence-electron chi connectivity index (χ0n) is 15.8. The summed E-state index contributed by atoms with van der Waals surface area (Å²) in [5.41, 5.74) is 0. The van der Waals surface area contributed by atoms with Gasteiger partial charge in [-0.1, -0.05) is 57.6 Å². The Bertz CT molecular complexity index is 334. The van der Waals surface area contributed by atoms with Gasteiger partial charge in [0.2, 0.25) is 0 Å². The van der Waals surface area contributed by atoms with Gasteiger partial charge in [0, 0.05) is 6.61 Å². The van der Waals surface area contributed by atoms with Gasteiger partial charge in [-0.2, -0.15) is 0 Å². The van der Waals surface area contributed by atoms with E-state index >= 15 is 0 Å². The van der Waals surface area contributed by atoms with E-state index in [1.165, 1.54) is 44.9 Å². The van der Waals surface area contributed by atoms with Crippen molar-refractivity contribution in [1.82, 2.24) is 0 Å². The Morgan fingerprint density at radius 1 is 1.04 bits per heavy atom. The lowest BCUT2D eigenvalue weighted by Crippen LogP contribution is -2.42. The van der Waals surface area contributed by atoms with Crippen molar-refractivity contribution in [3.05, 3.63) is 12.2 Å². The molecule has 0 aromatic heterocycles. The van der Waals surface area contributed by atoms with Crippen LogP contribution in [0.5, 0.6) is 0 Å². The fourth-order valence-corrected chi connectivity index (χ4v) is 3.19. The maximum absolute atomic E-state index is 9.85. The van der Waals surface area contributed by atoms with Crippen LogP contribution >= 0.6 is 0 Å². The number of rotatable bonds is 15. The standard InChI is InChI=1S/C20H38O5/c1-2-3-4-5-6-7-8-9-10-11-12-13-14-24-20-18(23)16-25-19(20)17(22)15-21/h3-4,17-23H,2,5-16H2,1H3/b4-3+/t17-,18+,19+,20+/m0/s1. The molecule has 1 saturated heterocycles. The number of aliphatic hydroxyl groups excluding tert-OH is 3. The van der Waals surface area contributed by atoms with Gasteiger partial charge in [0.1, 0.15) is 24.4 Å². The minimum atomic E-state index is -1.00. The molecule has 0 aliphatic carbocycles. The monoisotopic (exact) mass is 358 g/mol. The third-order valence-corrected chi connectivity index (χ3v) is 4.71. The second-order valence-corrected chi connectivity index (χ2v) is 6.95. The summed E-state index contributed by atoms with van der Waals surface area (Å²) in [6.07, 6.45) is 13.8. The lowest BCUT2D eigenvalue weighted by Gasteiger charge is -2.23. The van der Waals surface area contributed by atoms with Crippen molar-refractivity contribution in [1.29, 1.82) is 0 Å². The highest BCUT2D eigenvalue weighted by Gasteiger charge is 2.40. The van der Waals surface area contributed by atoms with Gasteiger partial charge < -0.3 is 24.8 Å². The first kappa shape index (κ1) is 22.6. The van der Waals surface area contributed by atoms with E-state index in [-0.39, 0.29) is 13.2 Å². The number of hydrogen-bond acceptors (Lipinski definition) is 5. The zero-order chi connectivity index (χ0) is 18.3. The van der Waals surface area contributed by atoms with Crippen LogP contribution in [-0.4, -0.2) is 59.6 Å². The van der Waals surface area contributed by atoms with Crippen molar-refractivity contribution in [2.24, 2.45) is 0 Å². The SMILES string of the molecule is CC/C=C/CCCCCCCCCCO[C@H]1[C@@H]([C@@H](O)CO)OC[C@H]1O. The van der Waals surface area contributed by atoms with Gasteiger partial charge in [0.15, 0.2) is 0 Å². The quantitative estimate of drug-likeness (QED) is 0.310. The summed E-state index contributed by atoms with van der Waals surface area (Å²) >= 11 is 0. The molecule has 0 aromatic carbocycles. The molecule has 5 heteroatoms. The van der Waals surface area contributed by atoms with Crippen LogP contribution in [0.25, 0.3) is 0 Å². The minimum Gasteiger partial charge on any atom is -0.394 e. The largest absolute Gasteiger partial charge is 0.394 e. The summed E-state index contributed by atoms with van der Waals surface area (Å²) in [7, 11) is 0. The Balaban J connectivity index is 1.93. The summed E-state index contributed by atoms with van der Waals surface area (Å²) in [6, 6.07) is 0. The second kappa shape index (κ2) is 14.7. The van der Waals surface area contributed by atoms with Crippen LogP contribution in [0.2, 0.25) is 0 Å². The van der Waals surface area contributed by atoms with Gasteiger partial charge in [-0.3, -0.25) is 0 Å². The Labute approximate surface area is 153 Å². The summed E-state index contributed by atoms with van der Waals surface area (Å²) in [4.78, 5) is 0. The van der Waals surface area contributed by atoms with Gasteiger partial charge >= 0.3 is 0 Å². The molecule has 1 fully saturated rings. The van der Waals surface area contributed by atoms with Gasteiger partial charge in [-0.05, 0) is 25.7 Å². The van der Waals surface area contributed by atoms with Gasteiger partial charge in [-0.25, -0.2) is 0 Å². The van der Waals surface area contributed by atoms with Crippen molar-refractivity contribution in [2.45, 2.75) is 95.5 Å². The number of unbranched alkanes of at least 4 members (excludes halogenated alkanes) is 8. The third-order valence-electron chi connectivity index (χ3n) is 4.71. The van der Waals surface area contributed by atoms with E-state index in [1.807, 2.05) is 0 Å². The van der Waals surface area contributed by atoms with E-state index in [0.717, 1.165) is 19.3 Å². The highest BCUT2D eigenvalue weighted by molar-refractivity contribution is 4.89. The molecule has 4 atom stereocenters. The zero-order valence-corrected chi connectivity index (χ0v) is 15.8. The van der Waals surface area contributed by atoms with Gasteiger partial charge in [0.05, 0.1) is 13.2 Å². The van der Waals surface area contributed by atoms with Crippen LogP contribution in [0, 0.1) is 0 Å². The molecule has 0 unspecified atom stereocenters. The molecule has 0 bridgehead atoms. The first-order valence-corrected chi connectivity index (χ1v) is 10.1. The van der Waals surface area contributed by atoms with Crippen LogP contribution in [0.4, 0.5) is 0 Å². The number of ether oxygens (including phenoxy) is 2. The van der Waals surface area contributed by atoms with Crippen LogP contribution in [0.3, 0.4) is 0 Å². The van der Waals surface area contributed by atoms with E-state index in [4.69, 9.17) is 14.6 Å². The first-order valence-electron chi connectivity index (χ1n) is 10.1. The average molecular weight is 359 g/mol. The molecule has 0 radical (unpaired) electrons. The van der Waals surface area contributed by atoms with Gasteiger partial charge in [-0.15, -0.1) is 0 Å². The van der Waals surface area contributed by atoms with Crippen molar-refractivity contribution in [3.8, 4) is 0 Å². The Morgan fingerprint density at radius 2 is 1.68 bits per heavy atom. The van der Waals surface area contributed by atoms with Crippen molar-refractivity contribution in [3.63, 3.8) is 0 Å². The fourth-order valence-electron chi connectivity index (χ4n) is 3.19. The third kappa shape index (κ3) is 9.71. The van der Waals surface area contributed by atoms with Crippen LogP contribution in [-0.2, 0) is 9.47 Å². The summed E-state index contributed by atoms with van der Waals surface area (Å²) < 4.78 is 11.0. The smallest absolute Gasteiger partial charge is 0.114 e. The maximum atomic E-state index is 9.85. The van der Waals surface area contributed by atoms with E-state index < -0.39 is 24.4 Å². The number of aliphatic hydroxyl groups is 3. The minimum absolute atomic E-state index is 0.153. The van der Waals surface area contributed by atoms with E-state index in [1.54, 1.807) is 0 Å². The summed E-state index contributed by atoms with van der Waals surface area (Å²) in [5.74, 6) is 0. The molecular formula is C20H38O5. The molecule has 25 heavy (non-hydrogen) atoms. The summed E-state index contributed by atoms with van der Waals surface area (Å²) in [5, 5.41) is 28.5. The predicted octanol–water partition coefficient (Wildman–Crippen LogP) is 2.96. The first-order chi connectivity index (χ1) is 12.2. The maximum Gasteiger partial charge on any atom is 0.114 e. The molecule has 148 valence electrons. The fraction of sp³-hybridized carbons (Fsp3) is 0.900. The molecule has 0 saturated carbocycles. The Morgan fingerprint density at radius 3 is 2.32 bits per heavy atom. The van der Waals surface area contributed by atoms with Crippen LogP contribution in [0.15, 0.2) is 12.2 Å². The van der Waals surface area contributed by atoms with E-state index in [0.29, 0.717) is 6.61 Å². The predicted molar refractivity (Wildman–Crippen MR) is 99.6 cm³/mol. The molecule has 3 N–H and O–H groups in total. The molecule has 5 nitrogen and oxygen atoms in total. The lowest BCUT2D eigenvalue weighted by molar-refractivity contribution is -0.0938. The van der Waals surface area contributed by atoms with Crippen LogP contribution < -0.4 is 0 Å². The highest BCUT2D eigenvalue weighted by Crippen LogP contribution is 2.21. The molecular weight excluding hydrogens is 320 g/mol. The van der Waals surface area contributed by atoms with E-state index in [9.17, 15) is 10.2 Å². The molecule has 1 rings (SSSR count). The Hall–Kier alpha value is -0.460. The van der Waals surface area contributed by atoms with Crippen molar-refractivity contribution >= 4 is 0 Å². The molecule has 0 spiro atoms. The topological polar surface area (TPSA) is 79.2 Å².